The summed E-state index contributed by atoms with van der Waals surface area (Å²) in [5.41, 5.74) is 1.43. The smallest absolute Gasteiger partial charge is 0.255 e. The molecule has 2 aromatic rings. The van der Waals surface area contributed by atoms with Gasteiger partial charge in [-0.1, -0.05) is 30.3 Å². The summed E-state index contributed by atoms with van der Waals surface area (Å²) in [6.07, 6.45) is 0. The van der Waals surface area contributed by atoms with Gasteiger partial charge >= 0.3 is 0 Å². The molecule has 0 bridgehead atoms. The number of rotatable bonds is 7. The Morgan fingerprint density at radius 2 is 1.76 bits per heavy atom. The number of ether oxygens (including phenoxy) is 1. The standard InChI is InChI=1S/C21H27N3O4S/c1-3-22-21(25)19-15-18(9-10-20(19)28-2)29(26,27)24-13-11-23(12-14-24)16-17-7-5-4-6-8-17/h4-10,15H,3,11-14,16H2,1-2H3,(H,22,25). The Bertz CT molecular complexity index is 940. The second-order valence-corrected chi connectivity index (χ2v) is 8.83. The van der Waals surface area contributed by atoms with Crippen LogP contribution in [-0.4, -0.2) is 63.4 Å². The Kier molecular flexibility index (Phi) is 6.89. The Hall–Kier alpha value is -2.42. The molecule has 0 spiro atoms. The highest BCUT2D eigenvalue weighted by molar-refractivity contribution is 7.89. The van der Waals surface area contributed by atoms with E-state index in [1.165, 1.54) is 35.2 Å². The van der Waals surface area contributed by atoms with Crippen LogP contribution < -0.4 is 10.1 Å². The number of piperazine rings is 1. The van der Waals surface area contributed by atoms with E-state index in [0.717, 1.165) is 6.54 Å². The van der Waals surface area contributed by atoms with Crippen LogP contribution in [0.4, 0.5) is 0 Å². The molecule has 8 heteroatoms. The molecule has 1 heterocycles. The molecule has 0 saturated carbocycles. The summed E-state index contributed by atoms with van der Waals surface area (Å²) in [5, 5.41) is 2.69. The third-order valence-electron chi connectivity index (χ3n) is 4.97. The van der Waals surface area contributed by atoms with Crippen molar-refractivity contribution >= 4 is 15.9 Å². The van der Waals surface area contributed by atoms with Gasteiger partial charge < -0.3 is 10.1 Å². The Labute approximate surface area is 172 Å². The van der Waals surface area contributed by atoms with Crippen LogP contribution in [0.1, 0.15) is 22.8 Å². The SMILES string of the molecule is CCNC(=O)c1cc(S(=O)(=O)N2CCN(Cc3ccccc3)CC2)ccc1OC. The lowest BCUT2D eigenvalue weighted by atomic mass is 10.2. The zero-order valence-electron chi connectivity index (χ0n) is 16.8. The molecule has 1 amide bonds. The first-order chi connectivity index (χ1) is 14.0. The van der Waals surface area contributed by atoms with Crippen molar-refractivity contribution < 1.29 is 17.9 Å². The lowest BCUT2D eigenvalue weighted by molar-refractivity contribution is 0.0952. The van der Waals surface area contributed by atoms with Gasteiger partial charge in [0.25, 0.3) is 5.91 Å². The molecule has 1 N–H and O–H groups in total. The first-order valence-corrected chi connectivity index (χ1v) is 11.1. The normalized spacial score (nSPS) is 15.8. The first kappa shape index (κ1) is 21.3. The molecule has 0 aliphatic carbocycles. The summed E-state index contributed by atoms with van der Waals surface area (Å²) in [6.45, 7) is 5.21. The van der Waals surface area contributed by atoms with Gasteiger partial charge in [0.05, 0.1) is 17.6 Å². The maximum absolute atomic E-state index is 13.1. The van der Waals surface area contributed by atoms with Crippen LogP contribution in [0, 0.1) is 0 Å². The number of nitrogens with zero attached hydrogens (tertiary/aromatic N) is 2. The minimum absolute atomic E-state index is 0.107. The van der Waals surface area contributed by atoms with Crippen LogP contribution in [0.2, 0.25) is 0 Å². The van der Waals surface area contributed by atoms with E-state index in [4.69, 9.17) is 4.74 Å². The van der Waals surface area contributed by atoms with Gasteiger partial charge in [-0.3, -0.25) is 9.69 Å². The number of benzene rings is 2. The van der Waals surface area contributed by atoms with Gasteiger partial charge in [-0.15, -0.1) is 0 Å². The van der Waals surface area contributed by atoms with Crippen molar-refractivity contribution in [1.29, 1.82) is 0 Å². The maximum atomic E-state index is 13.1. The average molecular weight is 418 g/mol. The maximum Gasteiger partial charge on any atom is 0.255 e. The van der Waals surface area contributed by atoms with E-state index < -0.39 is 10.0 Å². The molecule has 1 fully saturated rings. The van der Waals surface area contributed by atoms with Crippen molar-refractivity contribution in [2.24, 2.45) is 0 Å². The number of methoxy groups -OCH3 is 1. The van der Waals surface area contributed by atoms with Crippen LogP contribution >= 0.6 is 0 Å². The van der Waals surface area contributed by atoms with Crippen molar-refractivity contribution in [3.63, 3.8) is 0 Å². The number of sulfonamides is 1. The Morgan fingerprint density at radius 1 is 1.07 bits per heavy atom. The fraction of sp³-hybridized carbons (Fsp3) is 0.381. The molecule has 1 aliphatic heterocycles. The highest BCUT2D eigenvalue weighted by Crippen LogP contribution is 2.25. The van der Waals surface area contributed by atoms with E-state index >= 15 is 0 Å². The monoisotopic (exact) mass is 417 g/mol. The number of nitrogens with one attached hydrogen (secondary N) is 1. The highest BCUT2D eigenvalue weighted by atomic mass is 32.2. The molecule has 0 unspecified atom stereocenters. The van der Waals surface area contributed by atoms with Gasteiger partial charge in [0.2, 0.25) is 10.0 Å². The lowest BCUT2D eigenvalue weighted by Gasteiger charge is -2.34. The van der Waals surface area contributed by atoms with Crippen molar-refractivity contribution in [3.05, 3.63) is 59.7 Å². The van der Waals surface area contributed by atoms with E-state index in [1.807, 2.05) is 18.2 Å². The lowest BCUT2D eigenvalue weighted by Crippen LogP contribution is -2.48. The predicted molar refractivity (Wildman–Crippen MR) is 111 cm³/mol. The second kappa shape index (κ2) is 9.39. The highest BCUT2D eigenvalue weighted by Gasteiger charge is 2.29. The van der Waals surface area contributed by atoms with Crippen molar-refractivity contribution in [1.82, 2.24) is 14.5 Å². The second-order valence-electron chi connectivity index (χ2n) is 6.89. The number of amides is 1. The molecule has 7 nitrogen and oxygen atoms in total. The number of carbonyl (C=O) groups excluding carboxylic acids is 1. The number of hydrogen-bond donors (Lipinski definition) is 1. The Morgan fingerprint density at radius 3 is 2.38 bits per heavy atom. The minimum Gasteiger partial charge on any atom is -0.496 e. The van der Waals surface area contributed by atoms with Crippen LogP contribution in [0.15, 0.2) is 53.4 Å². The van der Waals surface area contributed by atoms with E-state index in [-0.39, 0.29) is 16.4 Å². The molecule has 1 saturated heterocycles. The molecule has 0 atom stereocenters. The average Bonchev–Trinajstić information content (AvgIpc) is 2.74. The van der Waals surface area contributed by atoms with Crippen molar-refractivity contribution in [2.75, 3.05) is 39.8 Å². The van der Waals surface area contributed by atoms with Crippen LogP contribution in [0.3, 0.4) is 0 Å². The minimum atomic E-state index is -3.68. The molecule has 3 rings (SSSR count). The van der Waals surface area contributed by atoms with Gasteiger partial charge in [-0.05, 0) is 30.7 Å². The van der Waals surface area contributed by atoms with Crippen molar-refractivity contribution in [3.8, 4) is 5.75 Å². The topological polar surface area (TPSA) is 79.0 Å². The van der Waals surface area contributed by atoms with Crippen LogP contribution in [0.25, 0.3) is 0 Å². The van der Waals surface area contributed by atoms with Gasteiger partial charge in [0, 0.05) is 39.3 Å². The van der Waals surface area contributed by atoms with Gasteiger partial charge in [-0.2, -0.15) is 4.31 Å². The molecular weight excluding hydrogens is 390 g/mol. The molecule has 1 aliphatic rings. The third-order valence-corrected chi connectivity index (χ3v) is 6.87. The molecule has 0 radical (unpaired) electrons. The summed E-state index contributed by atoms with van der Waals surface area (Å²) >= 11 is 0. The van der Waals surface area contributed by atoms with Gasteiger partial charge in [0.15, 0.2) is 0 Å². The quantitative estimate of drug-likeness (QED) is 0.745. The molecule has 156 valence electrons. The van der Waals surface area contributed by atoms with Gasteiger partial charge in [-0.25, -0.2) is 8.42 Å². The van der Waals surface area contributed by atoms with E-state index in [0.29, 0.717) is 38.5 Å². The molecule has 2 aromatic carbocycles. The summed E-state index contributed by atoms with van der Waals surface area (Å²) in [6, 6.07) is 14.6. The zero-order chi connectivity index (χ0) is 20.9. The van der Waals surface area contributed by atoms with Crippen LogP contribution in [-0.2, 0) is 16.6 Å². The summed E-state index contributed by atoms with van der Waals surface area (Å²) in [7, 11) is -2.23. The number of hydrogen-bond acceptors (Lipinski definition) is 5. The molecule has 0 aromatic heterocycles. The molecule has 29 heavy (non-hydrogen) atoms. The fourth-order valence-electron chi connectivity index (χ4n) is 3.40. The summed E-state index contributed by atoms with van der Waals surface area (Å²) in [4.78, 5) is 14.6. The Balaban J connectivity index is 1.73. The van der Waals surface area contributed by atoms with Crippen molar-refractivity contribution in [2.45, 2.75) is 18.4 Å². The van der Waals surface area contributed by atoms with Crippen LogP contribution in [0.5, 0.6) is 5.75 Å². The summed E-state index contributed by atoms with van der Waals surface area (Å²) < 4.78 is 32.9. The third kappa shape index (κ3) is 4.95. The predicted octanol–water partition coefficient (Wildman–Crippen LogP) is 1.95. The van der Waals surface area contributed by atoms with E-state index in [2.05, 4.69) is 22.3 Å². The number of carbonyl (C=O) groups is 1. The van der Waals surface area contributed by atoms with Gasteiger partial charge in [0.1, 0.15) is 5.75 Å². The zero-order valence-corrected chi connectivity index (χ0v) is 17.6. The largest absolute Gasteiger partial charge is 0.496 e. The van der Waals surface area contributed by atoms with E-state index in [9.17, 15) is 13.2 Å². The van der Waals surface area contributed by atoms with E-state index in [1.54, 1.807) is 6.92 Å². The first-order valence-electron chi connectivity index (χ1n) is 9.68. The fourth-order valence-corrected chi connectivity index (χ4v) is 4.85. The molecular formula is C21H27N3O4S. The summed E-state index contributed by atoms with van der Waals surface area (Å²) in [5.74, 6) is -0.00309.